The number of rotatable bonds is 4. The molecule has 0 bridgehead atoms. The Kier molecular flexibility index (Phi) is 5.17. The van der Waals surface area contributed by atoms with Crippen LogP contribution in [0.15, 0.2) is 24.3 Å². The van der Waals surface area contributed by atoms with E-state index in [0.29, 0.717) is 5.02 Å². The molecule has 1 N–H and O–H groups in total. The molecule has 0 aromatic heterocycles. The summed E-state index contributed by atoms with van der Waals surface area (Å²) in [5.41, 5.74) is 0.523. The fourth-order valence-corrected chi connectivity index (χ4v) is 1.85. The summed E-state index contributed by atoms with van der Waals surface area (Å²) in [6.07, 6.45) is 0. The lowest BCUT2D eigenvalue weighted by Gasteiger charge is -2.21. The third kappa shape index (κ3) is 5.07. The first-order valence-corrected chi connectivity index (χ1v) is 6.37. The number of hydrogen-bond acceptors (Lipinski definition) is 3. The Balaban J connectivity index is 2.49. The number of ether oxygens (including phenoxy) is 1. The van der Waals surface area contributed by atoms with Crippen LogP contribution in [0.2, 0.25) is 5.02 Å². The maximum Gasteiger partial charge on any atom is 0.320 e. The van der Waals surface area contributed by atoms with Crippen LogP contribution in [0.1, 0.15) is 39.3 Å². The fraction of sp³-hybridized carbons (Fsp3) is 0.500. The molecular weight excluding hydrogens is 250 g/mol. The molecule has 4 heteroatoms. The van der Waals surface area contributed by atoms with E-state index >= 15 is 0 Å². The van der Waals surface area contributed by atoms with E-state index in [2.05, 4.69) is 5.32 Å². The molecule has 0 aliphatic carbocycles. The van der Waals surface area contributed by atoms with Gasteiger partial charge in [-0.3, -0.25) is 4.79 Å². The van der Waals surface area contributed by atoms with Crippen LogP contribution in [0.5, 0.6) is 0 Å². The summed E-state index contributed by atoms with van der Waals surface area (Å²) in [5.74, 6) is -0.263. The van der Waals surface area contributed by atoms with Crippen LogP contribution in [0.3, 0.4) is 0 Å². The molecule has 0 unspecified atom stereocenters. The molecule has 1 atom stereocenters. The SMILES string of the molecule is C[C@@H](NCC(=O)OC(C)(C)C)c1ccccc1Cl. The number of nitrogens with one attached hydrogen (secondary N) is 1. The molecule has 18 heavy (non-hydrogen) atoms. The normalized spacial score (nSPS) is 13.2. The van der Waals surface area contributed by atoms with Gasteiger partial charge in [0, 0.05) is 11.1 Å². The average Bonchev–Trinajstić information content (AvgIpc) is 2.24. The smallest absolute Gasteiger partial charge is 0.320 e. The highest BCUT2D eigenvalue weighted by Crippen LogP contribution is 2.21. The van der Waals surface area contributed by atoms with E-state index < -0.39 is 5.60 Å². The van der Waals surface area contributed by atoms with E-state index in [0.717, 1.165) is 5.56 Å². The second-order valence-corrected chi connectivity index (χ2v) is 5.62. The summed E-state index contributed by atoms with van der Waals surface area (Å²) in [6, 6.07) is 7.59. The van der Waals surface area contributed by atoms with E-state index in [1.165, 1.54) is 0 Å². The van der Waals surface area contributed by atoms with Gasteiger partial charge in [0.25, 0.3) is 0 Å². The molecule has 0 aliphatic rings. The standard InChI is InChI=1S/C14H20ClNO2/c1-10(11-7-5-6-8-12(11)15)16-9-13(17)18-14(2,3)4/h5-8,10,16H,9H2,1-4H3/t10-/m1/s1. The zero-order valence-electron chi connectivity index (χ0n) is 11.3. The van der Waals surface area contributed by atoms with Crippen LogP contribution in [0.4, 0.5) is 0 Å². The number of hydrogen-bond donors (Lipinski definition) is 1. The monoisotopic (exact) mass is 269 g/mol. The summed E-state index contributed by atoms with van der Waals surface area (Å²) in [6.45, 7) is 7.68. The first-order valence-electron chi connectivity index (χ1n) is 5.99. The van der Waals surface area contributed by atoms with Gasteiger partial charge in [0.05, 0.1) is 6.54 Å². The van der Waals surface area contributed by atoms with Gasteiger partial charge in [-0.05, 0) is 39.3 Å². The van der Waals surface area contributed by atoms with E-state index in [-0.39, 0.29) is 18.6 Å². The minimum absolute atomic E-state index is 0.00576. The van der Waals surface area contributed by atoms with E-state index in [1.807, 2.05) is 52.0 Å². The van der Waals surface area contributed by atoms with Crippen LogP contribution in [-0.4, -0.2) is 18.1 Å². The van der Waals surface area contributed by atoms with Gasteiger partial charge in [-0.1, -0.05) is 29.8 Å². The average molecular weight is 270 g/mol. The van der Waals surface area contributed by atoms with Crippen molar-refractivity contribution in [1.82, 2.24) is 5.32 Å². The topological polar surface area (TPSA) is 38.3 Å². The summed E-state index contributed by atoms with van der Waals surface area (Å²) in [7, 11) is 0. The van der Waals surface area contributed by atoms with Crippen LogP contribution in [-0.2, 0) is 9.53 Å². The van der Waals surface area contributed by atoms with Crippen molar-refractivity contribution in [3.8, 4) is 0 Å². The molecule has 0 spiro atoms. The Bertz CT molecular complexity index is 413. The minimum Gasteiger partial charge on any atom is -0.459 e. The van der Waals surface area contributed by atoms with Crippen molar-refractivity contribution in [2.45, 2.75) is 39.3 Å². The lowest BCUT2D eigenvalue weighted by atomic mass is 10.1. The van der Waals surface area contributed by atoms with Crippen LogP contribution >= 0.6 is 11.6 Å². The second-order valence-electron chi connectivity index (χ2n) is 5.21. The Morgan fingerprint density at radius 3 is 2.56 bits per heavy atom. The Morgan fingerprint density at radius 2 is 2.00 bits per heavy atom. The molecule has 1 rings (SSSR count). The van der Waals surface area contributed by atoms with E-state index in [1.54, 1.807) is 0 Å². The molecule has 0 saturated carbocycles. The Hall–Kier alpha value is -1.06. The van der Waals surface area contributed by atoms with Gasteiger partial charge in [-0.15, -0.1) is 0 Å². The maximum atomic E-state index is 11.6. The Morgan fingerprint density at radius 1 is 1.39 bits per heavy atom. The molecule has 3 nitrogen and oxygen atoms in total. The van der Waals surface area contributed by atoms with Gasteiger partial charge in [0.1, 0.15) is 5.60 Å². The summed E-state index contributed by atoms with van der Waals surface area (Å²) < 4.78 is 5.22. The lowest BCUT2D eigenvalue weighted by Crippen LogP contribution is -2.32. The predicted molar refractivity (Wildman–Crippen MR) is 73.7 cm³/mol. The summed E-state index contributed by atoms with van der Waals surface area (Å²) in [4.78, 5) is 11.6. The first-order chi connectivity index (χ1) is 8.29. The fourth-order valence-electron chi connectivity index (χ4n) is 1.55. The van der Waals surface area contributed by atoms with Crippen molar-refractivity contribution in [3.05, 3.63) is 34.9 Å². The highest BCUT2D eigenvalue weighted by atomic mass is 35.5. The highest BCUT2D eigenvalue weighted by Gasteiger charge is 2.17. The number of carbonyl (C=O) groups is 1. The van der Waals surface area contributed by atoms with Crippen molar-refractivity contribution < 1.29 is 9.53 Å². The molecule has 1 aromatic rings. The third-order valence-corrected chi connectivity index (χ3v) is 2.69. The zero-order valence-corrected chi connectivity index (χ0v) is 12.0. The highest BCUT2D eigenvalue weighted by molar-refractivity contribution is 6.31. The van der Waals surface area contributed by atoms with Gasteiger partial charge in [0.15, 0.2) is 0 Å². The summed E-state index contributed by atoms with van der Waals surface area (Å²) >= 11 is 6.08. The zero-order chi connectivity index (χ0) is 13.8. The van der Waals surface area contributed by atoms with Crippen molar-refractivity contribution in [1.29, 1.82) is 0 Å². The van der Waals surface area contributed by atoms with Gasteiger partial charge < -0.3 is 10.1 Å². The number of carbonyl (C=O) groups excluding carboxylic acids is 1. The van der Waals surface area contributed by atoms with Crippen molar-refractivity contribution in [2.75, 3.05) is 6.54 Å². The number of halogens is 1. The molecule has 0 aliphatic heterocycles. The van der Waals surface area contributed by atoms with Crippen molar-refractivity contribution in [3.63, 3.8) is 0 Å². The predicted octanol–water partition coefficient (Wildman–Crippen LogP) is 3.33. The van der Waals surface area contributed by atoms with E-state index in [9.17, 15) is 4.79 Å². The first kappa shape index (κ1) is 15.0. The quantitative estimate of drug-likeness (QED) is 0.852. The van der Waals surface area contributed by atoms with Gasteiger partial charge in [0.2, 0.25) is 0 Å². The molecular formula is C14H20ClNO2. The van der Waals surface area contributed by atoms with Crippen molar-refractivity contribution in [2.24, 2.45) is 0 Å². The van der Waals surface area contributed by atoms with E-state index in [4.69, 9.17) is 16.3 Å². The summed E-state index contributed by atoms with van der Waals surface area (Å²) in [5, 5.41) is 3.80. The number of benzene rings is 1. The molecule has 0 amide bonds. The molecule has 0 radical (unpaired) electrons. The second kappa shape index (κ2) is 6.21. The lowest BCUT2D eigenvalue weighted by molar-refractivity contribution is -0.153. The molecule has 0 saturated heterocycles. The minimum atomic E-state index is -0.452. The van der Waals surface area contributed by atoms with Crippen LogP contribution in [0.25, 0.3) is 0 Å². The van der Waals surface area contributed by atoms with Crippen LogP contribution < -0.4 is 5.32 Å². The maximum absolute atomic E-state index is 11.6. The number of esters is 1. The Labute approximate surface area is 113 Å². The largest absolute Gasteiger partial charge is 0.459 e. The molecule has 0 heterocycles. The molecule has 1 aromatic carbocycles. The third-order valence-electron chi connectivity index (χ3n) is 2.34. The van der Waals surface area contributed by atoms with Crippen molar-refractivity contribution >= 4 is 17.6 Å². The van der Waals surface area contributed by atoms with Gasteiger partial charge >= 0.3 is 5.97 Å². The van der Waals surface area contributed by atoms with Gasteiger partial charge in [-0.25, -0.2) is 0 Å². The molecule has 100 valence electrons. The van der Waals surface area contributed by atoms with Gasteiger partial charge in [-0.2, -0.15) is 0 Å². The van der Waals surface area contributed by atoms with Crippen LogP contribution in [0, 0.1) is 0 Å². The molecule has 0 fully saturated rings.